The van der Waals surface area contributed by atoms with Gasteiger partial charge in [-0.05, 0) is 18.2 Å². The van der Waals surface area contributed by atoms with E-state index in [2.05, 4.69) is 17.6 Å². The molecule has 17 heavy (non-hydrogen) atoms. The Morgan fingerprint density at radius 2 is 2.00 bits per heavy atom. The molecule has 0 aliphatic carbocycles. The monoisotopic (exact) mass is 267 g/mol. The lowest BCUT2D eigenvalue weighted by Crippen LogP contribution is -1.91. The van der Waals surface area contributed by atoms with E-state index in [9.17, 15) is 0 Å². The van der Waals surface area contributed by atoms with Crippen LogP contribution in [0.3, 0.4) is 0 Å². The zero-order valence-corrected chi connectivity index (χ0v) is 11.3. The molecule has 0 saturated heterocycles. The number of thiol groups is 1. The molecule has 0 saturated carbocycles. The Bertz CT molecular complexity index is 511. The number of hydrogen-bond acceptors (Lipinski definition) is 5. The molecule has 5 heteroatoms. The third-order valence-electron chi connectivity index (χ3n) is 2.37. The van der Waals surface area contributed by atoms with Crippen LogP contribution in [-0.2, 0) is 5.75 Å². The van der Waals surface area contributed by atoms with Gasteiger partial charge in [-0.2, -0.15) is 12.6 Å². The standard InChI is InChI=1S/C12H13NO2S2/c1-14-10-4-3-8(5-11(10)15-2)9-7-17-12(6-16)13-9/h3-5,7,16H,6H2,1-2H3. The van der Waals surface area contributed by atoms with Crippen LogP contribution < -0.4 is 9.47 Å². The van der Waals surface area contributed by atoms with Gasteiger partial charge in [0.05, 0.1) is 19.9 Å². The number of methoxy groups -OCH3 is 2. The zero-order valence-electron chi connectivity index (χ0n) is 9.64. The summed E-state index contributed by atoms with van der Waals surface area (Å²) in [6.07, 6.45) is 0. The number of ether oxygens (including phenoxy) is 2. The van der Waals surface area contributed by atoms with Crippen LogP contribution in [0.4, 0.5) is 0 Å². The second kappa shape index (κ2) is 5.42. The van der Waals surface area contributed by atoms with Crippen LogP contribution in [0.2, 0.25) is 0 Å². The summed E-state index contributed by atoms with van der Waals surface area (Å²) in [7, 11) is 3.25. The summed E-state index contributed by atoms with van der Waals surface area (Å²) in [6, 6.07) is 5.78. The molecule has 0 aliphatic rings. The van der Waals surface area contributed by atoms with Crippen LogP contribution in [-0.4, -0.2) is 19.2 Å². The highest BCUT2D eigenvalue weighted by Crippen LogP contribution is 2.32. The third kappa shape index (κ3) is 2.56. The molecule has 1 aromatic carbocycles. The molecule has 0 radical (unpaired) electrons. The Morgan fingerprint density at radius 3 is 2.59 bits per heavy atom. The number of benzene rings is 1. The minimum absolute atomic E-state index is 0.665. The van der Waals surface area contributed by atoms with Crippen LogP contribution in [0.15, 0.2) is 23.6 Å². The first-order valence-electron chi connectivity index (χ1n) is 5.06. The second-order valence-corrected chi connectivity index (χ2v) is 4.61. The average Bonchev–Trinajstić information content (AvgIpc) is 2.86. The zero-order chi connectivity index (χ0) is 12.3. The molecule has 0 atom stereocenters. The fraction of sp³-hybridized carbons (Fsp3) is 0.250. The predicted octanol–water partition coefficient (Wildman–Crippen LogP) is 3.26. The van der Waals surface area contributed by atoms with E-state index < -0.39 is 0 Å². The van der Waals surface area contributed by atoms with Gasteiger partial charge in [0.1, 0.15) is 5.01 Å². The van der Waals surface area contributed by atoms with Crippen LogP contribution in [0, 0.1) is 0 Å². The minimum Gasteiger partial charge on any atom is -0.493 e. The van der Waals surface area contributed by atoms with E-state index >= 15 is 0 Å². The molecule has 0 spiro atoms. The molecule has 2 aromatic rings. The predicted molar refractivity (Wildman–Crippen MR) is 73.3 cm³/mol. The maximum absolute atomic E-state index is 5.27. The molecule has 90 valence electrons. The molecule has 0 N–H and O–H groups in total. The summed E-state index contributed by atoms with van der Waals surface area (Å²) in [6.45, 7) is 0. The molecule has 0 fully saturated rings. The lowest BCUT2D eigenvalue weighted by atomic mass is 10.1. The highest BCUT2D eigenvalue weighted by molar-refractivity contribution is 7.79. The Morgan fingerprint density at radius 1 is 1.24 bits per heavy atom. The maximum Gasteiger partial charge on any atom is 0.161 e. The first-order valence-corrected chi connectivity index (χ1v) is 6.57. The number of aromatic nitrogens is 1. The van der Waals surface area contributed by atoms with Gasteiger partial charge in [0.15, 0.2) is 11.5 Å². The molecular formula is C12H13NO2S2. The van der Waals surface area contributed by atoms with Gasteiger partial charge in [0.2, 0.25) is 0 Å². The topological polar surface area (TPSA) is 31.4 Å². The van der Waals surface area contributed by atoms with Gasteiger partial charge in [0, 0.05) is 16.7 Å². The van der Waals surface area contributed by atoms with E-state index in [1.807, 2.05) is 23.6 Å². The van der Waals surface area contributed by atoms with Crippen molar-refractivity contribution in [3.05, 3.63) is 28.6 Å². The molecular weight excluding hydrogens is 254 g/mol. The first kappa shape index (κ1) is 12.3. The van der Waals surface area contributed by atoms with Crippen molar-refractivity contribution in [2.24, 2.45) is 0 Å². The van der Waals surface area contributed by atoms with Crippen molar-refractivity contribution in [1.82, 2.24) is 4.98 Å². The molecule has 2 rings (SSSR count). The summed E-state index contributed by atoms with van der Waals surface area (Å²) < 4.78 is 10.5. The normalized spacial score (nSPS) is 10.3. The van der Waals surface area contributed by atoms with E-state index in [-0.39, 0.29) is 0 Å². The van der Waals surface area contributed by atoms with Gasteiger partial charge < -0.3 is 9.47 Å². The lowest BCUT2D eigenvalue weighted by molar-refractivity contribution is 0.355. The van der Waals surface area contributed by atoms with Gasteiger partial charge >= 0.3 is 0 Å². The van der Waals surface area contributed by atoms with Crippen molar-refractivity contribution >= 4 is 24.0 Å². The molecule has 1 heterocycles. The van der Waals surface area contributed by atoms with E-state index in [1.165, 1.54) is 0 Å². The largest absolute Gasteiger partial charge is 0.493 e. The summed E-state index contributed by atoms with van der Waals surface area (Å²) in [5, 5.41) is 3.03. The Kier molecular flexibility index (Phi) is 3.91. The number of rotatable bonds is 4. The number of nitrogens with zero attached hydrogens (tertiary/aromatic N) is 1. The van der Waals surface area contributed by atoms with E-state index in [4.69, 9.17) is 9.47 Å². The summed E-state index contributed by atoms with van der Waals surface area (Å²) in [4.78, 5) is 4.48. The molecule has 3 nitrogen and oxygen atoms in total. The van der Waals surface area contributed by atoms with Crippen molar-refractivity contribution in [2.75, 3.05) is 14.2 Å². The fourth-order valence-corrected chi connectivity index (χ4v) is 2.47. The summed E-state index contributed by atoms with van der Waals surface area (Å²) in [5.41, 5.74) is 1.96. The molecule has 0 bridgehead atoms. The van der Waals surface area contributed by atoms with Crippen LogP contribution in [0.1, 0.15) is 5.01 Å². The summed E-state index contributed by atoms with van der Waals surface area (Å²) in [5.74, 6) is 2.10. The molecule has 0 aliphatic heterocycles. The van der Waals surface area contributed by atoms with Crippen molar-refractivity contribution in [3.63, 3.8) is 0 Å². The summed E-state index contributed by atoms with van der Waals surface area (Å²) >= 11 is 5.82. The van der Waals surface area contributed by atoms with Crippen LogP contribution in [0.25, 0.3) is 11.3 Å². The highest BCUT2D eigenvalue weighted by atomic mass is 32.1. The Balaban J connectivity index is 2.38. The smallest absolute Gasteiger partial charge is 0.161 e. The van der Waals surface area contributed by atoms with Gasteiger partial charge in [0.25, 0.3) is 0 Å². The van der Waals surface area contributed by atoms with Crippen LogP contribution in [0.5, 0.6) is 11.5 Å². The van der Waals surface area contributed by atoms with Crippen LogP contribution >= 0.6 is 24.0 Å². The van der Waals surface area contributed by atoms with Gasteiger partial charge in [-0.15, -0.1) is 11.3 Å². The van der Waals surface area contributed by atoms with E-state index in [0.29, 0.717) is 11.5 Å². The lowest BCUT2D eigenvalue weighted by Gasteiger charge is -2.08. The average molecular weight is 267 g/mol. The van der Waals surface area contributed by atoms with Gasteiger partial charge in [-0.1, -0.05) is 0 Å². The van der Waals surface area contributed by atoms with E-state index in [1.54, 1.807) is 25.6 Å². The minimum atomic E-state index is 0.665. The fourth-order valence-electron chi connectivity index (χ4n) is 1.51. The second-order valence-electron chi connectivity index (χ2n) is 3.35. The van der Waals surface area contributed by atoms with Crippen molar-refractivity contribution in [2.45, 2.75) is 5.75 Å². The molecule has 0 amide bonds. The highest BCUT2D eigenvalue weighted by Gasteiger charge is 2.08. The first-order chi connectivity index (χ1) is 8.28. The quantitative estimate of drug-likeness (QED) is 0.863. The number of hydrogen-bond donors (Lipinski definition) is 1. The Labute approximate surface area is 110 Å². The molecule has 0 unspecified atom stereocenters. The van der Waals surface area contributed by atoms with Gasteiger partial charge in [-0.25, -0.2) is 4.98 Å². The SMILES string of the molecule is COc1ccc(-c2csc(CS)n2)cc1OC. The third-order valence-corrected chi connectivity index (χ3v) is 3.73. The van der Waals surface area contributed by atoms with Crippen molar-refractivity contribution in [3.8, 4) is 22.8 Å². The van der Waals surface area contributed by atoms with E-state index in [0.717, 1.165) is 22.0 Å². The van der Waals surface area contributed by atoms with Gasteiger partial charge in [-0.3, -0.25) is 0 Å². The Hall–Kier alpha value is -1.20. The molecule has 1 aromatic heterocycles. The maximum atomic E-state index is 5.27. The van der Waals surface area contributed by atoms with Crippen molar-refractivity contribution < 1.29 is 9.47 Å². The van der Waals surface area contributed by atoms with Crippen molar-refractivity contribution in [1.29, 1.82) is 0 Å². The number of thiazole rings is 1.